The molecule has 5 heteroatoms. The first kappa shape index (κ1) is 12.2. The molecule has 0 radical (unpaired) electrons. The molecule has 0 fully saturated rings. The quantitative estimate of drug-likeness (QED) is 0.781. The largest absolute Gasteiger partial charge is 0.465 e. The molecule has 1 aliphatic rings. The first-order valence-electron chi connectivity index (χ1n) is 5.40. The molecule has 2 N–H and O–H groups in total. The Morgan fingerprint density at radius 1 is 1.39 bits per heavy atom. The fraction of sp³-hybridized carbons (Fsp3) is 0.154. The summed E-state index contributed by atoms with van der Waals surface area (Å²) in [5.74, 6) is -0.738. The number of carbonyl (C=O) groups excluding carboxylic acids is 1. The van der Waals surface area contributed by atoms with E-state index in [1.54, 1.807) is 25.1 Å². The molecule has 0 saturated carbocycles. The van der Waals surface area contributed by atoms with Crippen LogP contribution in [0.4, 0.5) is 4.39 Å². The van der Waals surface area contributed by atoms with Crippen LogP contribution >= 0.6 is 0 Å². The van der Waals surface area contributed by atoms with Gasteiger partial charge in [0.25, 0.3) is 0 Å². The van der Waals surface area contributed by atoms with Gasteiger partial charge in [-0.3, -0.25) is 0 Å². The summed E-state index contributed by atoms with van der Waals surface area (Å²) in [6, 6.07) is 4.87. The van der Waals surface area contributed by atoms with Crippen molar-refractivity contribution in [1.82, 2.24) is 10.9 Å². The van der Waals surface area contributed by atoms with Crippen LogP contribution in [0.25, 0.3) is 5.70 Å². The number of hydrogen-bond acceptors (Lipinski definition) is 4. The van der Waals surface area contributed by atoms with E-state index in [1.165, 1.54) is 19.4 Å². The molecule has 0 aromatic heterocycles. The lowest BCUT2D eigenvalue weighted by Crippen LogP contribution is -2.30. The number of aryl methyl sites for hydroxylation is 1. The van der Waals surface area contributed by atoms with Crippen molar-refractivity contribution in [3.8, 4) is 0 Å². The van der Waals surface area contributed by atoms with Gasteiger partial charge in [0, 0.05) is 11.8 Å². The highest BCUT2D eigenvalue weighted by atomic mass is 19.1. The molecule has 0 amide bonds. The van der Waals surface area contributed by atoms with E-state index in [0.29, 0.717) is 22.4 Å². The number of hydrazine groups is 1. The summed E-state index contributed by atoms with van der Waals surface area (Å²) < 4.78 is 18.1. The number of hydrogen-bond donors (Lipinski definition) is 2. The summed E-state index contributed by atoms with van der Waals surface area (Å²) in [5, 5.41) is 0. The first-order valence-corrected chi connectivity index (χ1v) is 5.40. The monoisotopic (exact) mass is 248 g/mol. The third-order valence-corrected chi connectivity index (χ3v) is 2.64. The summed E-state index contributed by atoms with van der Waals surface area (Å²) in [7, 11) is 1.31. The van der Waals surface area contributed by atoms with E-state index < -0.39 is 5.97 Å². The zero-order chi connectivity index (χ0) is 13.1. The predicted octanol–water partition coefficient (Wildman–Crippen LogP) is 1.64. The molecule has 1 aromatic rings. The van der Waals surface area contributed by atoms with Gasteiger partial charge >= 0.3 is 5.97 Å². The number of ether oxygens (including phenoxy) is 1. The van der Waals surface area contributed by atoms with Crippen molar-refractivity contribution >= 4 is 11.7 Å². The average Bonchev–Trinajstić information content (AvgIpc) is 2.41. The van der Waals surface area contributed by atoms with Gasteiger partial charge in [-0.05, 0) is 24.6 Å². The number of methoxy groups -OCH3 is 1. The Kier molecular flexibility index (Phi) is 3.32. The number of nitrogens with one attached hydrogen (secondary N) is 2. The second-order valence-corrected chi connectivity index (χ2v) is 3.88. The Morgan fingerprint density at radius 2 is 2.17 bits per heavy atom. The van der Waals surface area contributed by atoms with Crippen molar-refractivity contribution in [3.05, 3.63) is 53.0 Å². The normalized spacial score (nSPS) is 13.9. The molecule has 0 unspecified atom stereocenters. The van der Waals surface area contributed by atoms with Crippen LogP contribution < -0.4 is 10.9 Å². The Balaban J connectivity index is 2.33. The topological polar surface area (TPSA) is 50.4 Å². The summed E-state index contributed by atoms with van der Waals surface area (Å²) in [6.45, 7) is 1.69. The van der Waals surface area contributed by atoms with Gasteiger partial charge in [-0.25, -0.2) is 9.18 Å². The summed E-state index contributed by atoms with van der Waals surface area (Å²) in [5.41, 5.74) is 7.79. The van der Waals surface area contributed by atoms with Gasteiger partial charge in [-0.2, -0.15) is 0 Å². The SMILES string of the molecule is COC(=O)C1=CNNC(c2ccc(C)c(F)c2)=C1. The van der Waals surface area contributed by atoms with E-state index in [2.05, 4.69) is 15.6 Å². The number of halogens is 1. The van der Waals surface area contributed by atoms with Crippen molar-refractivity contribution in [3.63, 3.8) is 0 Å². The third-order valence-electron chi connectivity index (χ3n) is 2.64. The van der Waals surface area contributed by atoms with E-state index in [9.17, 15) is 9.18 Å². The minimum Gasteiger partial charge on any atom is -0.465 e. The number of rotatable bonds is 2. The first-order chi connectivity index (χ1) is 8.61. The maximum atomic E-state index is 13.5. The molecule has 18 heavy (non-hydrogen) atoms. The smallest absolute Gasteiger partial charge is 0.339 e. The van der Waals surface area contributed by atoms with E-state index >= 15 is 0 Å². The van der Waals surface area contributed by atoms with Crippen molar-refractivity contribution in [1.29, 1.82) is 0 Å². The maximum absolute atomic E-state index is 13.5. The van der Waals surface area contributed by atoms with Gasteiger partial charge in [-0.15, -0.1) is 0 Å². The summed E-state index contributed by atoms with van der Waals surface area (Å²) in [6.07, 6.45) is 3.09. The highest BCUT2D eigenvalue weighted by Gasteiger charge is 2.14. The van der Waals surface area contributed by atoms with Gasteiger partial charge in [0.1, 0.15) is 5.82 Å². The van der Waals surface area contributed by atoms with Crippen LogP contribution in [0.15, 0.2) is 36.0 Å². The van der Waals surface area contributed by atoms with Crippen LogP contribution in [0.2, 0.25) is 0 Å². The molecule has 0 bridgehead atoms. The van der Waals surface area contributed by atoms with Crippen LogP contribution in [-0.4, -0.2) is 13.1 Å². The molecule has 1 aromatic carbocycles. The second-order valence-electron chi connectivity index (χ2n) is 3.88. The Labute approximate surface area is 104 Å². The minimum atomic E-state index is -0.450. The lowest BCUT2D eigenvalue weighted by molar-refractivity contribution is -0.135. The molecule has 1 aliphatic heterocycles. The minimum absolute atomic E-state index is 0.288. The summed E-state index contributed by atoms with van der Waals surface area (Å²) >= 11 is 0. The van der Waals surface area contributed by atoms with Gasteiger partial charge in [0.15, 0.2) is 0 Å². The average molecular weight is 248 g/mol. The number of carbonyl (C=O) groups is 1. The van der Waals surface area contributed by atoms with Crippen LogP contribution in [0.1, 0.15) is 11.1 Å². The van der Waals surface area contributed by atoms with Crippen LogP contribution in [0, 0.1) is 12.7 Å². The number of esters is 1. The third kappa shape index (κ3) is 2.34. The number of benzene rings is 1. The fourth-order valence-corrected chi connectivity index (χ4v) is 1.58. The predicted molar refractivity (Wildman–Crippen MR) is 65.5 cm³/mol. The second kappa shape index (κ2) is 4.91. The molecular weight excluding hydrogens is 235 g/mol. The lowest BCUT2D eigenvalue weighted by atomic mass is 10.1. The highest BCUT2D eigenvalue weighted by molar-refractivity contribution is 5.94. The van der Waals surface area contributed by atoms with Crippen LogP contribution in [-0.2, 0) is 9.53 Å². The Morgan fingerprint density at radius 3 is 2.83 bits per heavy atom. The molecule has 0 spiro atoms. The van der Waals surface area contributed by atoms with Crippen LogP contribution in [0.3, 0.4) is 0 Å². The molecule has 2 rings (SSSR count). The highest BCUT2D eigenvalue weighted by Crippen LogP contribution is 2.19. The van der Waals surface area contributed by atoms with E-state index in [4.69, 9.17) is 0 Å². The molecule has 1 heterocycles. The van der Waals surface area contributed by atoms with Gasteiger partial charge in [0.05, 0.1) is 18.4 Å². The van der Waals surface area contributed by atoms with E-state index in [-0.39, 0.29) is 5.82 Å². The standard InChI is InChI=1S/C13H13FN2O2/c1-8-3-4-9(5-11(8)14)12-6-10(7-15-16-12)13(17)18-2/h3-7,15-16H,1-2H3. The Bertz CT molecular complexity index is 550. The van der Waals surface area contributed by atoms with Gasteiger partial charge < -0.3 is 15.6 Å². The van der Waals surface area contributed by atoms with Crippen molar-refractivity contribution in [2.24, 2.45) is 0 Å². The van der Waals surface area contributed by atoms with Gasteiger partial charge in [0.2, 0.25) is 0 Å². The Hall–Kier alpha value is -2.30. The molecule has 4 nitrogen and oxygen atoms in total. The van der Waals surface area contributed by atoms with Crippen LogP contribution in [0.5, 0.6) is 0 Å². The molecule has 0 saturated heterocycles. The molecule has 0 aliphatic carbocycles. The summed E-state index contributed by atoms with van der Waals surface area (Å²) in [4.78, 5) is 11.4. The van der Waals surface area contributed by atoms with Gasteiger partial charge in [-0.1, -0.05) is 12.1 Å². The van der Waals surface area contributed by atoms with Crippen molar-refractivity contribution in [2.75, 3.05) is 7.11 Å². The maximum Gasteiger partial charge on any atom is 0.339 e. The fourth-order valence-electron chi connectivity index (χ4n) is 1.58. The van der Waals surface area contributed by atoms with Crippen molar-refractivity contribution < 1.29 is 13.9 Å². The molecular formula is C13H13FN2O2. The van der Waals surface area contributed by atoms with E-state index in [1.807, 2.05) is 0 Å². The van der Waals surface area contributed by atoms with E-state index in [0.717, 1.165) is 0 Å². The zero-order valence-corrected chi connectivity index (χ0v) is 10.1. The molecule has 0 atom stereocenters. The lowest BCUT2D eigenvalue weighted by Gasteiger charge is -2.17. The zero-order valence-electron chi connectivity index (χ0n) is 10.1. The van der Waals surface area contributed by atoms with Crippen molar-refractivity contribution in [2.45, 2.75) is 6.92 Å². The molecule has 94 valence electrons.